The van der Waals surface area contributed by atoms with E-state index in [4.69, 9.17) is 19.4 Å². The summed E-state index contributed by atoms with van der Waals surface area (Å²) in [5.41, 5.74) is 0.226. The van der Waals surface area contributed by atoms with Gasteiger partial charge < -0.3 is 4.74 Å². The first-order chi connectivity index (χ1) is 5.72. The van der Waals surface area contributed by atoms with Crippen molar-refractivity contribution in [3.63, 3.8) is 0 Å². The van der Waals surface area contributed by atoms with Gasteiger partial charge in [0.15, 0.2) is 6.16 Å². The first-order valence-electron chi connectivity index (χ1n) is 3.65. The molecule has 0 aromatic rings. The van der Waals surface area contributed by atoms with E-state index < -0.39 is 20.0 Å². The van der Waals surface area contributed by atoms with E-state index >= 15 is 0 Å². The quantitative estimate of drug-likeness (QED) is 0.350. The molecule has 5 nitrogen and oxygen atoms in total. The monoisotopic (exact) mass is 209 g/mol. The zero-order valence-electron chi connectivity index (χ0n) is 7.60. The normalized spacial score (nSPS) is 13.6. The van der Waals surface area contributed by atoms with Gasteiger partial charge >= 0.3 is 13.9 Å². The maximum absolute atomic E-state index is 10.9. The van der Waals surface area contributed by atoms with Crippen LogP contribution in [0.1, 0.15) is 13.8 Å². The van der Waals surface area contributed by atoms with E-state index in [0.29, 0.717) is 0 Å². The standard InChI is InChI=1S/C7H14O5P/c1-5(2)7(8)12-6(3)4-13(9,10)11/h6,9-11H,1,4H2,2-3H3/q+1. The van der Waals surface area contributed by atoms with Crippen molar-refractivity contribution in [2.75, 3.05) is 6.16 Å². The molecule has 0 saturated carbocycles. The number of esters is 1. The van der Waals surface area contributed by atoms with Gasteiger partial charge in [0.1, 0.15) is 6.10 Å². The summed E-state index contributed by atoms with van der Waals surface area (Å²) in [6.07, 6.45) is -1.09. The maximum Gasteiger partial charge on any atom is 0.407 e. The smallest absolute Gasteiger partial charge is 0.407 e. The molecule has 0 amide bonds. The summed E-state index contributed by atoms with van der Waals surface area (Å²) < 4.78 is 4.70. The Kier molecular flexibility index (Phi) is 4.50. The summed E-state index contributed by atoms with van der Waals surface area (Å²) in [5.74, 6) is -0.610. The number of carbonyl (C=O) groups is 1. The second-order valence-corrected chi connectivity index (χ2v) is 4.62. The molecule has 0 aliphatic heterocycles. The highest BCUT2D eigenvalue weighted by atomic mass is 31.2. The van der Waals surface area contributed by atoms with E-state index in [0.717, 1.165) is 0 Å². The van der Waals surface area contributed by atoms with Gasteiger partial charge in [0.25, 0.3) is 0 Å². The predicted molar refractivity (Wildman–Crippen MR) is 48.8 cm³/mol. The number of ether oxygens (including phenoxy) is 1. The second-order valence-electron chi connectivity index (χ2n) is 2.87. The van der Waals surface area contributed by atoms with Gasteiger partial charge in [-0.3, -0.25) is 0 Å². The van der Waals surface area contributed by atoms with Crippen molar-refractivity contribution < 1.29 is 24.2 Å². The third-order valence-electron chi connectivity index (χ3n) is 1.16. The van der Waals surface area contributed by atoms with Crippen molar-refractivity contribution >= 4 is 13.9 Å². The van der Waals surface area contributed by atoms with Crippen LogP contribution in [0.15, 0.2) is 12.2 Å². The Morgan fingerprint density at radius 2 is 2.00 bits per heavy atom. The highest BCUT2D eigenvalue weighted by Gasteiger charge is 2.34. The predicted octanol–water partition coefficient (Wildman–Crippen LogP) is 0.234. The van der Waals surface area contributed by atoms with E-state index in [9.17, 15) is 4.79 Å². The van der Waals surface area contributed by atoms with Gasteiger partial charge in [0, 0.05) is 5.57 Å². The molecule has 0 aliphatic carbocycles. The summed E-state index contributed by atoms with van der Waals surface area (Å²) in [6.45, 7) is 6.29. The highest BCUT2D eigenvalue weighted by Crippen LogP contribution is 2.45. The SMILES string of the molecule is C=C(C)C(=O)OC(C)C[P+](O)(O)O. The van der Waals surface area contributed by atoms with Crippen LogP contribution in [0.2, 0.25) is 0 Å². The number of carbonyl (C=O) groups excluding carboxylic acids is 1. The van der Waals surface area contributed by atoms with Gasteiger partial charge in [-0.1, -0.05) is 6.58 Å². The topological polar surface area (TPSA) is 87.0 Å². The molecule has 0 bridgehead atoms. The van der Waals surface area contributed by atoms with Crippen molar-refractivity contribution in [3.05, 3.63) is 12.2 Å². The molecule has 0 aromatic carbocycles. The van der Waals surface area contributed by atoms with Crippen molar-refractivity contribution in [3.8, 4) is 0 Å². The molecule has 1 atom stereocenters. The summed E-state index contributed by atoms with van der Waals surface area (Å²) in [4.78, 5) is 36.8. The Hall–Kier alpha value is -0.480. The Labute approximate surface area is 77.2 Å². The van der Waals surface area contributed by atoms with Gasteiger partial charge in [-0.15, -0.1) is 0 Å². The largest absolute Gasteiger partial charge is 0.455 e. The minimum Gasteiger partial charge on any atom is -0.455 e. The van der Waals surface area contributed by atoms with Crippen molar-refractivity contribution in [2.24, 2.45) is 0 Å². The highest BCUT2D eigenvalue weighted by molar-refractivity contribution is 7.58. The Balaban J connectivity index is 3.95. The lowest BCUT2D eigenvalue weighted by atomic mass is 10.3. The van der Waals surface area contributed by atoms with Crippen LogP contribution >= 0.6 is 7.94 Å². The summed E-state index contributed by atoms with van der Waals surface area (Å²) in [5, 5.41) is 0. The average Bonchev–Trinajstić information content (AvgIpc) is 1.81. The Bertz CT molecular complexity index is 207. The molecule has 76 valence electrons. The average molecular weight is 209 g/mol. The van der Waals surface area contributed by atoms with Crippen LogP contribution in [0, 0.1) is 0 Å². The van der Waals surface area contributed by atoms with Gasteiger partial charge in [-0.2, -0.15) is 14.7 Å². The van der Waals surface area contributed by atoms with Gasteiger partial charge in [0.05, 0.1) is 0 Å². The van der Waals surface area contributed by atoms with E-state index in [1.165, 1.54) is 13.8 Å². The fourth-order valence-corrected chi connectivity index (χ4v) is 1.43. The van der Waals surface area contributed by atoms with Crippen LogP contribution in [-0.2, 0) is 9.53 Å². The lowest BCUT2D eigenvalue weighted by molar-refractivity contribution is -0.142. The number of hydrogen-bond acceptors (Lipinski definition) is 5. The lowest BCUT2D eigenvalue weighted by Gasteiger charge is -2.12. The zero-order chi connectivity index (χ0) is 10.6. The first kappa shape index (κ1) is 12.5. The molecule has 0 aromatic heterocycles. The molecule has 0 spiro atoms. The zero-order valence-corrected chi connectivity index (χ0v) is 8.49. The van der Waals surface area contributed by atoms with Crippen molar-refractivity contribution in [2.45, 2.75) is 20.0 Å². The van der Waals surface area contributed by atoms with Crippen LogP contribution in [0.5, 0.6) is 0 Å². The maximum atomic E-state index is 10.9. The second kappa shape index (κ2) is 4.67. The van der Waals surface area contributed by atoms with E-state index in [1.54, 1.807) is 0 Å². The third kappa shape index (κ3) is 6.66. The van der Waals surface area contributed by atoms with Crippen LogP contribution in [0.4, 0.5) is 0 Å². The molecule has 0 saturated heterocycles. The van der Waals surface area contributed by atoms with Crippen LogP contribution in [0.25, 0.3) is 0 Å². The molecule has 0 radical (unpaired) electrons. The summed E-state index contributed by atoms with van der Waals surface area (Å²) in [6, 6.07) is 0. The van der Waals surface area contributed by atoms with Crippen molar-refractivity contribution in [1.82, 2.24) is 0 Å². The molecule has 6 heteroatoms. The van der Waals surface area contributed by atoms with Gasteiger partial charge in [-0.05, 0) is 13.8 Å². The van der Waals surface area contributed by atoms with Crippen LogP contribution in [0.3, 0.4) is 0 Å². The summed E-state index contributed by atoms with van der Waals surface area (Å²) in [7, 11) is -3.87. The molecule has 0 rings (SSSR count). The first-order valence-corrected chi connectivity index (χ1v) is 5.48. The molecular formula is C7H14O5P+. The lowest BCUT2D eigenvalue weighted by Crippen LogP contribution is -2.20. The fraction of sp³-hybridized carbons (Fsp3) is 0.571. The summed E-state index contributed by atoms with van der Waals surface area (Å²) >= 11 is 0. The molecule has 1 unspecified atom stereocenters. The van der Waals surface area contributed by atoms with Crippen LogP contribution in [-0.4, -0.2) is 32.9 Å². The molecular weight excluding hydrogens is 195 g/mol. The third-order valence-corrected chi connectivity index (χ3v) is 2.16. The Morgan fingerprint density at radius 3 is 2.31 bits per heavy atom. The van der Waals surface area contributed by atoms with E-state index in [2.05, 4.69) is 6.58 Å². The van der Waals surface area contributed by atoms with Gasteiger partial charge in [-0.25, -0.2) is 4.79 Å². The molecule has 3 N–H and O–H groups in total. The van der Waals surface area contributed by atoms with E-state index in [1.807, 2.05) is 0 Å². The molecule has 0 aliphatic rings. The van der Waals surface area contributed by atoms with E-state index in [-0.39, 0.29) is 11.7 Å². The van der Waals surface area contributed by atoms with Gasteiger partial charge in [0.2, 0.25) is 0 Å². The van der Waals surface area contributed by atoms with Crippen LogP contribution < -0.4 is 0 Å². The molecule has 0 heterocycles. The number of hydrogen-bond donors (Lipinski definition) is 3. The molecule has 0 fully saturated rings. The van der Waals surface area contributed by atoms with Crippen molar-refractivity contribution in [1.29, 1.82) is 0 Å². The Morgan fingerprint density at radius 1 is 1.54 bits per heavy atom. The minimum atomic E-state index is -3.87. The molecule has 13 heavy (non-hydrogen) atoms. The number of rotatable bonds is 4. The fourth-order valence-electron chi connectivity index (χ4n) is 0.666. The minimum absolute atomic E-state index is 0.226.